The standard InChI is InChI=1S/C16H21FN2O2/c1-4-8-18-12(3)14-10-13(17)6-7-15(14)21-11-16(20)19-9-5-2/h2,6-7,10,12,18H,4,8-9,11H2,1,3H3,(H,19,20). The summed E-state index contributed by atoms with van der Waals surface area (Å²) in [5.41, 5.74) is 0.688. The zero-order valence-electron chi connectivity index (χ0n) is 12.4. The summed E-state index contributed by atoms with van der Waals surface area (Å²) >= 11 is 0. The minimum absolute atomic E-state index is 0.0654. The van der Waals surface area contributed by atoms with Gasteiger partial charge in [0.1, 0.15) is 11.6 Å². The molecule has 0 bridgehead atoms. The van der Waals surface area contributed by atoms with Crippen molar-refractivity contribution in [1.29, 1.82) is 0 Å². The topological polar surface area (TPSA) is 50.4 Å². The van der Waals surface area contributed by atoms with E-state index in [9.17, 15) is 9.18 Å². The van der Waals surface area contributed by atoms with Gasteiger partial charge in [-0.1, -0.05) is 12.8 Å². The lowest BCUT2D eigenvalue weighted by molar-refractivity contribution is -0.122. The third kappa shape index (κ3) is 5.84. The predicted molar refractivity (Wildman–Crippen MR) is 80.4 cm³/mol. The minimum Gasteiger partial charge on any atom is -0.483 e. The van der Waals surface area contributed by atoms with E-state index in [-0.39, 0.29) is 30.9 Å². The van der Waals surface area contributed by atoms with E-state index in [1.165, 1.54) is 18.2 Å². The molecule has 1 aromatic carbocycles. The molecule has 0 fully saturated rings. The highest BCUT2D eigenvalue weighted by Gasteiger charge is 2.13. The molecule has 0 radical (unpaired) electrons. The summed E-state index contributed by atoms with van der Waals surface area (Å²) in [6.45, 7) is 4.81. The predicted octanol–water partition coefficient (Wildman–Crippen LogP) is 2.01. The first-order valence-electron chi connectivity index (χ1n) is 6.94. The number of nitrogens with one attached hydrogen (secondary N) is 2. The molecule has 1 unspecified atom stereocenters. The number of amides is 1. The molecule has 2 N–H and O–H groups in total. The van der Waals surface area contributed by atoms with Crippen molar-refractivity contribution in [1.82, 2.24) is 10.6 Å². The van der Waals surface area contributed by atoms with Crippen molar-refractivity contribution < 1.29 is 13.9 Å². The van der Waals surface area contributed by atoms with Crippen LogP contribution in [0.4, 0.5) is 4.39 Å². The van der Waals surface area contributed by atoms with Gasteiger partial charge in [0.05, 0.1) is 6.54 Å². The highest BCUT2D eigenvalue weighted by Crippen LogP contribution is 2.26. The van der Waals surface area contributed by atoms with E-state index in [4.69, 9.17) is 11.2 Å². The SMILES string of the molecule is C#CCNC(=O)COc1ccc(F)cc1C(C)NCCC. The maximum absolute atomic E-state index is 13.4. The number of hydrogen-bond donors (Lipinski definition) is 2. The number of benzene rings is 1. The molecule has 1 aromatic rings. The molecule has 1 atom stereocenters. The van der Waals surface area contributed by atoms with Crippen LogP contribution in [0.15, 0.2) is 18.2 Å². The molecule has 0 saturated carbocycles. The van der Waals surface area contributed by atoms with E-state index in [0.717, 1.165) is 13.0 Å². The van der Waals surface area contributed by atoms with Crippen LogP contribution in [-0.4, -0.2) is 25.6 Å². The number of terminal acetylenes is 1. The van der Waals surface area contributed by atoms with Gasteiger partial charge in [0.25, 0.3) is 5.91 Å². The quantitative estimate of drug-likeness (QED) is 0.721. The Morgan fingerprint density at radius 2 is 2.29 bits per heavy atom. The Morgan fingerprint density at radius 1 is 1.52 bits per heavy atom. The van der Waals surface area contributed by atoms with E-state index >= 15 is 0 Å². The Bertz CT molecular complexity index is 511. The van der Waals surface area contributed by atoms with Crippen LogP contribution >= 0.6 is 0 Å². The lowest BCUT2D eigenvalue weighted by atomic mass is 10.1. The van der Waals surface area contributed by atoms with Crippen LogP contribution in [0.1, 0.15) is 31.9 Å². The van der Waals surface area contributed by atoms with Crippen LogP contribution in [0.2, 0.25) is 0 Å². The average Bonchev–Trinajstić information content (AvgIpc) is 2.49. The second kappa shape index (κ2) is 8.98. The fourth-order valence-electron chi connectivity index (χ4n) is 1.80. The van der Waals surface area contributed by atoms with Crippen LogP contribution in [0.5, 0.6) is 5.75 Å². The summed E-state index contributed by atoms with van der Waals surface area (Å²) in [7, 11) is 0. The van der Waals surface area contributed by atoms with E-state index in [1.807, 2.05) is 6.92 Å². The van der Waals surface area contributed by atoms with Crippen LogP contribution in [0, 0.1) is 18.2 Å². The first kappa shape index (κ1) is 17.0. The van der Waals surface area contributed by atoms with Crippen molar-refractivity contribution in [2.45, 2.75) is 26.3 Å². The molecule has 114 valence electrons. The lowest BCUT2D eigenvalue weighted by Crippen LogP contribution is -2.29. The Kier molecular flexibility index (Phi) is 7.27. The Balaban J connectivity index is 2.72. The molecule has 21 heavy (non-hydrogen) atoms. The van der Waals surface area contributed by atoms with E-state index in [1.54, 1.807) is 0 Å². The first-order chi connectivity index (χ1) is 10.1. The fourth-order valence-corrected chi connectivity index (χ4v) is 1.80. The summed E-state index contributed by atoms with van der Waals surface area (Å²) in [4.78, 5) is 11.5. The van der Waals surface area contributed by atoms with Gasteiger partial charge >= 0.3 is 0 Å². The van der Waals surface area contributed by atoms with E-state index < -0.39 is 0 Å². The lowest BCUT2D eigenvalue weighted by Gasteiger charge is -2.18. The number of carbonyl (C=O) groups is 1. The van der Waals surface area contributed by atoms with Crippen molar-refractivity contribution in [3.8, 4) is 18.1 Å². The second-order valence-corrected chi connectivity index (χ2v) is 4.63. The summed E-state index contributed by atoms with van der Waals surface area (Å²) in [5, 5.41) is 5.77. The fraction of sp³-hybridized carbons (Fsp3) is 0.438. The highest BCUT2D eigenvalue weighted by molar-refractivity contribution is 5.77. The monoisotopic (exact) mass is 292 g/mol. The van der Waals surface area contributed by atoms with Gasteiger partial charge in [-0.2, -0.15) is 0 Å². The maximum atomic E-state index is 13.4. The Hall–Kier alpha value is -2.06. The number of hydrogen-bond acceptors (Lipinski definition) is 3. The van der Waals surface area contributed by atoms with Crippen molar-refractivity contribution >= 4 is 5.91 Å². The minimum atomic E-state index is -0.334. The highest BCUT2D eigenvalue weighted by atomic mass is 19.1. The van der Waals surface area contributed by atoms with Gasteiger partial charge in [-0.3, -0.25) is 4.79 Å². The normalized spacial score (nSPS) is 11.5. The number of halogens is 1. The molecule has 1 rings (SSSR count). The zero-order chi connectivity index (χ0) is 15.7. The number of rotatable bonds is 8. The van der Waals surface area contributed by atoms with Crippen LogP contribution in [-0.2, 0) is 4.79 Å². The molecule has 0 heterocycles. The largest absolute Gasteiger partial charge is 0.483 e. The smallest absolute Gasteiger partial charge is 0.258 e. The van der Waals surface area contributed by atoms with Crippen molar-refractivity contribution in [2.24, 2.45) is 0 Å². The van der Waals surface area contributed by atoms with Gasteiger partial charge in [0.2, 0.25) is 0 Å². The number of carbonyl (C=O) groups excluding carboxylic acids is 1. The summed E-state index contributed by atoms with van der Waals surface area (Å²) in [6, 6.07) is 4.19. The van der Waals surface area contributed by atoms with Crippen LogP contribution in [0.3, 0.4) is 0 Å². The molecule has 0 aliphatic heterocycles. The van der Waals surface area contributed by atoms with Crippen LogP contribution < -0.4 is 15.4 Å². The second-order valence-electron chi connectivity index (χ2n) is 4.63. The zero-order valence-corrected chi connectivity index (χ0v) is 12.4. The summed E-state index contributed by atoms with van der Waals surface area (Å²) < 4.78 is 18.9. The van der Waals surface area contributed by atoms with E-state index in [0.29, 0.717) is 11.3 Å². The van der Waals surface area contributed by atoms with Crippen molar-refractivity contribution in [2.75, 3.05) is 19.7 Å². The molecule has 0 aliphatic carbocycles. The molecule has 1 amide bonds. The van der Waals surface area contributed by atoms with Gasteiger partial charge < -0.3 is 15.4 Å². The van der Waals surface area contributed by atoms with Crippen LogP contribution in [0.25, 0.3) is 0 Å². The average molecular weight is 292 g/mol. The maximum Gasteiger partial charge on any atom is 0.258 e. The van der Waals surface area contributed by atoms with Gasteiger partial charge in [-0.05, 0) is 38.1 Å². The molecule has 0 aliphatic rings. The molecule has 0 saturated heterocycles. The van der Waals surface area contributed by atoms with Gasteiger partial charge in [0, 0.05) is 11.6 Å². The van der Waals surface area contributed by atoms with Crippen molar-refractivity contribution in [3.63, 3.8) is 0 Å². The van der Waals surface area contributed by atoms with E-state index in [2.05, 4.69) is 23.5 Å². The summed E-state index contributed by atoms with van der Waals surface area (Å²) in [6.07, 6.45) is 6.03. The van der Waals surface area contributed by atoms with Crippen molar-refractivity contribution in [3.05, 3.63) is 29.6 Å². The van der Waals surface area contributed by atoms with Gasteiger partial charge in [0.15, 0.2) is 6.61 Å². The molecular formula is C16H21FN2O2. The number of ether oxygens (including phenoxy) is 1. The molecule has 0 aromatic heterocycles. The molecule has 5 heteroatoms. The molecule has 0 spiro atoms. The van der Waals surface area contributed by atoms with Gasteiger partial charge in [-0.15, -0.1) is 6.42 Å². The molecule has 4 nitrogen and oxygen atoms in total. The molecular weight excluding hydrogens is 271 g/mol. The Morgan fingerprint density at radius 3 is 2.95 bits per heavy atom. The first-order valence-corrected chi connectivity index (χ1v) is 6.94. The third-order valence-corrected chi connectivity index (χ3v) is 2.89. The van der Waals surface area contributed by atoms with Gasteiger partial charge in [-0.25, -0.2) is 4.39 Å². The summed E-state index contributed by atoms with van der Waals surface area (Å²) in [5.74, 6) is 2.16. The Labute approximate surface area is 125 Å². The third-order valence-electron chi connectivity index (χ3n) is 2.89.